The van der Waals surface area contributed by atoms with Crippen molar-refractivity contribution in [3.05, 3.63) is 52.1 Å². The van der Waals surface area contributed by atoms with Crippen molar-refractivity contribution in [1.29, 1.82) is 0 Å². The van der Waals surface area contributed by atoms with Gasteiger partial charge in [-0.1, -0.05) is 32.9 Å². The lowest BCUT2D eigenvalue weighted by molar-refractivity contribution is -0.384. The Morgan fingerprint density at radius 3 is 2.58 bits per heavy atom. The van der Waals surface area contributed by atoms with E-state index >= 15 is 0 Å². The molecule has 0 saturated heterocycles. The fourth-order valence-corrected chi connectivity index (χ4v) is 3.42. The van der Waals surface area contributed by atoms with Crippen molar-refractivity contribution < 1.29 is 14.1 Å². The molecule has 0 amide bonds. The van der Waals surface area contributed by atoms with Crippen LogP contribution in [0.4, 0.5) is 17.1 Å². The average molecular weight is 372 g/mol. The lowest BCUT2D eigenvalue weighted by atomic mass is 10.1. The molecule has 1 aliphatic heterocycles. The highest BCUT2D eigenvalue weighted by molar-refractivity contribution is 6.74. The van der Waals surface area contributed by atoms with Crippen molar-refractivity contribution in [2.75, 3.05) is 5.32 Å². The van der Waals surface area contributed by atoms with Crippen molar-refractivity contribution in [2.24, 2.45) is 0 Å². The number of benzene rings is 2. The van der Waals surface area contributed by atoms with Crippen LogP contribution in [0, 0.1) is 10.1 Å². The lowest BCUT2D eigenvalue weighted by Crippen LogP contribution is -2.40. The number of anilines is 2. The molecule has 1 aliphatic rings. The van der Waals surface area contributed by atoms with Crippen molar-refractivity contribution in [2.45, 2.75) is 45.5 Å². The van der Waals surface area contributed by atoms with Crippen molar-refractivity contribution in [1.82, 2.24) is 0 Å². The summed E-state index contributed by atoms with van der Waals surface area (Å²) in [6.45, 7) is 11.6. The first kappa shape index (κ1) is 18.4. The molecule has 1 heterocycles. The van der Waals surface area contributed by atoms with Crippen LogP contribution in [0.5, 0.6) is 11.5 Å². The molecule has 2 aromatic rings. The van der Waals surface area contributed by atoms with E-state index in [0.29, 0.717) is 29.5 Å². The van der Waals surface area contributed by atoms with Crippen LogP contribution in [0.25, 0.3) is 0 Å². The summed E-state index contributed by atoms with van der Waals surface area (Å²) in [5.41, 5.74) is 2.11. The SMILES string of the molecule is CC(C)(C)[Si](C)(C)OCc1ccc2c(c1)Oc1cccc([N+](=O)[O-])c1N2. The molecule has 0 radical (unpaired) electrons. The van der Waals surface area contributed by atoms with Gasteiger partial charge in [0.15, 0.2) is 25.5 Å². The van der Waals surface area contributed by atoms with Gasteiger partial charge >= 0.3 is 0 Å². The van der Waals surface area contributed by atoms with Crippen molar-refractivity contribution in [3.8, 4) is 11.5 Å². The Balaban J connectivity index is 1.81. The molecule has 0 aromatic heterocycles. The molecule has 0 aliphatic carbocycles. The number of nitro benzene ring substituents is 1. The van der Waals surface area contributed by atoms with Gasteiger partial charge in [-0.15, -0.1) is 0 Å². The molecule has 1 N–H and O–H groups in total. The van der Waals surface area contributed by atoms with Gasteiger partial charge in [0.2, 0.25) is 0 Å². The van der Waals surface area contributed by atoms with Crippen molar-refractivity contribution >= 4 is 25.4 Å². The fraction of sp³-hybridized carbons (Fsp3) is 0.368. The third-order valence-corrected chi connectivity index (χ3v) is 9.61. The first-order chi connectivity index (χ1) is 12.1. The molecular weight excluding hydrogens is 348 g/mol. The van der Waals surface area contributed by atoms with Gasteiger partial charge < -0.3 is 14.5 Å². The summed E-state index contributed by atoms with van der Waals surface area (Å²) in [6, 6.07) is 10.6. The van der Waals surface area contributed by atoms with E-state index in [1.807, 2.05) is 18.2 Å². The smallest absolute Gasteiger partial charge is 0.296 e. The van der Waals surface area contributed by atoms with E-state index in [1.54, 1.807) is 12.1 Å². The Morgan fingerprint density at radius 2 is 1.92 bits per heavy atom. The first-order valence-corrected chi connectivity index (χ1v) is 11.5. The number of hydrogen-bond donors (Lipinski definition) is 1. The third kappa shape index (κ3) is 3.45. The van der Waals surface area contributed by atoms with Crippen LogP contribution in [0.3, 0.4) is 0 Å². The van der Waals surface area contributed by atoms with Gasteiger partial charge in [0, 0.05) is 6.07 Å². The summed E-state index contributed by atoms with van der Waals surface area (Å²) in [4.78, 5) is 10.8. The Bertz CT molecular complexity index is 859. The van der Waals surface area contributed by atoms with Crippen molar-refractivity contribution in [3.63, 3.8) is 0 Å². The number of para-hydroxylation sites is 1. The Hall–Kier alpha value is -2.38. The van der Waals surface area contributed by atoms with E-state index in [1.165, 1.54) is 6.07 Å². The minimum Gasteiger partial charge on any atom is -0.453 e. The zero-order valence-corrected chi connectivity index (χ0v) is 16.8. The minimum absolute atomic E-state index is 0.00140. The zero-order valence-electron chi connectivity index (χ0n) is 15.8. The number of nitrogens with one attached hydrogen (secondary N) is 1. The topological polar surface area (TPSA) is 73.6 Å². The monoisotopic (exact) mass is 372 g/mol. The second-order valence-corrected chi connectivity index (χ2v) is 12.8. The molecule has 2 aromatic carbocycles. The van der Waals surface area contributed by atoms with Gasteiger partial charge in [-0.25, -0.2) is 0 Å². The van der Waals surface area contributed by atoms with E-state index in [2.05, 4.69) is 39.2 Å². The van der Waals surface area contributed by atoms with Crippen LogP contribution >= 0.6 is 0 Å². The van der Waals surface area contributed by atoms with Crippen LogP contribution in [-0.2, 0) is 11.0 Å². The van der Waals surface area contributed by atoms with Crippen LogP contribution < -0.4 is 10.1 Å². The summed E-state index contributed by atoms with van der Waals surface area (Å²) < 4.78 is 12.2. The predicted octanol–water partition coefficient (Wildman–Crippen LogP) is 5.97. The van der Waals surface area contributed by atoms with Gasteiger partial charge in [-0.3, -0.25) is 10.1 Å². The molecule has 138 valence electrons. The highest BCUT2D eigenvalue weighted by atomic mass is 28.4. The zero-order chi connectivity index (χ0) is 19.1. The number of nitrogens with zero attached hydrogens (tertiary/aromatic N) is 1. The Morgan fingerprint density at radius 1 is 1.19 bits per heavy atom. The average Bonchev–Trinajstić information content (AvgIpc) is 2.56. The summed E-state index contributed by atoms with van der Waals surface area (Å²) in [5.74, 6) is 1.10. The second-order valence-electron chi connectivity index (χ2n) is 8.01. The Labute approximate surface area is 154 Å². The third-order valence-electron chi connectivity index (χ3n) is 5.13. The molecule has 7 heteroatoms. The summed E-state index contributed by atoms with van der Waals surface area (Å²) in [5, 5.41) is 14.5. The predicted molar refractivity (Wildman–Crippen MR) is 105 cm³/mol. The molecule has 0 saturated carbocycles. The number of rotatable bonds is 4. The maximum atomic E-state index is 11.2. The molecule has 0 unspecified atom stereocenters. The van der Waals surface area contributed by atoms with Gasteiger partial charge in [-0.2, -0.15) is 0 Å². The summed E-state index contributed by atoms with van der Waals surface area (Å²) in [7, 11) is -1.83. The molecule has 26 heavy (non-hydrogen) atoms. The number of nitro groups is 1. The highest BCUT2D eigenvalue weighted by Gasteiger charge is 2.37. The van der Waals surface area contributed by atoms with Crippen LogP contribution in [0.1, 0.15) is 26.3 Å². The van der Waals surface area contributed by atoms with Gasteiger partial charge in [0.25, 0.3) is 5.69 Å². The van der Waals surface area contributed by atoms with Crippen LogP contribution in [0.2, 0.25) is 18.1 Å². The first-order valence-electron chi connectivity index (χ1n) is 8.58. The van der Waals surface area contributed by atoms with Crippen LogP contribution in [0.15, 0.2) is 36.4 Å². The fourth-order valence-electron chi connectivity index (χ4n) is 2.46. The van der Waals surface area contributed by atoms with Gasteiger partial charge in [-0.05, 0) is 41.9 Å². The molecule has 0 spiro atoms. The van der Waals surface area contributed by atoms with E-state index in [0.717, 1.165) is 5.56 Å². The molecule has 0 bridgehead atoms. The number of fused-ring (bicyclic) bond motifs is 2. The summed E-state index contributed by atoms with van der Waals surface area (Å²) >= 11 is 0. The van der Waals surface area contributed by atoms with E-state index in [-0.39, 0.29) is 10.7 Å². The van der Waals surface area contributed by atoms with Gasteiger partial charge in [0.05, 0.1) is 17.2 Å². The van der Waals surface area contributed by atoms with E-state index < -0.39 is 13.2 Å². The second kappa shape index (κ2) is 6.41. The maximum absolute atomic E-state index is 11.2. The van der Waals surface area contributed by atoms with Crippen LogP contribution in [-0.4, -0.2) is 13.2 Å². The molecule has 3 rings (SSSR count). The number of hydrogen-bond acceptors (Lipinski definition) is 5. The van der Waals surface area contributed by atoms with Gasteiger partial charge in [0.1, 0.15) is 0 Å². The van der Waals surface area contributed by atoms with E-state index in [4.69, 9.17) is 9.16 Å². The van der Waals surface area contributed by atoms with E-state index in [9.17, 15) is 10.1 Å². The Kier molecular flexibility index (Phi) is 4.54. The highest BCUT2D eigenvalue weighted by Crippen LogP contribution is 2.46. The lowest BCUT2D eigenvalue weighted by Gasteiger charge is -2.36. The number of ether oxygens (including phenoxy) is 1. The normalized spacial score (nSPS) is 13.3. The minimum atomic E-state index is -1.83. The molecular formula is C19H24N2O4Si. The maximum Gasteiger partial charge on any atom is 0.296 e. The molecule has 0 fully saturated rings. The quantitative estimate of drug-likeness (QED) is 0.347. The summed E-state index contributed by atoms with van der Waals surface area (Å²) in [6.07, 6.45) is 0. The molecule has 0 atom stereocenters. The standard InChI is InChI=1S/C19H24N2O4Si/c1-19(2,3)26(4,5)24-12-13-9-10-14-17(11-13)25-16-8-6-7-15(21(22)23)18(16)20-14/h6-11,20H,12H2,1-5H3. The molecule has 6 nitrogen and oxygen atoms in total. The largest absolute Gasteiger partial charge is 0.453 e.